The van der Waals surface area contributed by atoms with Crippen LogP contribution in [0, 0.1) is 11.8 Å². The average molecular weight is 767 g/mol. The van der Waals surface area contributed by atoms with Gasteiger partial charge in [-0.2, -0.15) is 0 Å². The van der Waals surface area contributed by atoms with Gasteiger partial charge in [-0.15, -0.1) is 0 Å². The number of nitrogens with zero attached hydrogens (tertiary/aromatic N) is 4. The minimum atomic E-state index is -1.12. The number of benzene rings is 2. The summed E-state index contributed by atoms with van der Waals surface area (Å²) in [7, 11) is 2.58. The number of H-pyrrole nitrogens is 2. The molecule has 2 unspecified atom stereocenters. The van der Waals surface area contributed by atoms with Crippen molar-refractivity contribution in [2.24, 2.45) is 11.8 Å². The minimum absolute atomic E-state index is 0.158. The van der Waals surface area contributed by atoms with E-state index < -0.39 is 23.3 Å². The first-order chi connectivity index (χ1) is 26.7. The SMILES string of the molecule is COC(=O)N[C@](C)(C(=O)N1CCCC1c1ncc(-c2ccc(-c3ccc(-c4cnc(C5CCCN5C(=O)[C@@](C)(NC(=O)OC)C(C)C)[nH]4)cc3)cc2)[nH]1)C(C)C. The Bertz CT molecular complexity index is 1890. The number of carbonyl (C=O) groups is 4. The van der Waals surface area contributed by atoms with E-state index >= 15 is 0 Å². The molecule has 4 atom stereocenters. The van der Waals surface area contributed by atoms with E-state index in [0.29, 0.717) is 24.7 Å². The lowest BCUT2D eigenvalue weighted by Crippen LogP contribution is -2.60. The molecule has 298 valence electrons. The molecule has 2 aliphatic rings. The second kappa shape index (κ2) is 16.2. The summed E-state index contributed by atoms with van der Waals surface area (Å²) in [4.78, 5) is 71.9. The Morgan fingerprint density at radius 2 is 0.982 bits per heavy atom. The number of imidazole rings is 2. The lowest BCUT2D eigenvalue weighted by Gasteiger charge is -2.37. The molecule has 0 bridgehead atoms. The Hall–Kier alpha value is -5.66. The highest BCUT2D eigenvalue weighted by Gasteiger charge is 2.47. The number of alkyl carbamates (subject to hydrolysis) is 2. The topological polar surface area (TPSA) is 175 Å². The summed E-state index contributed by atoms with van der Waals surface area (Å²) >= 11 is 0. The van der Waals surface area contributed by atoms with E-state index in [1.807, 2.05) is 37.5 Å². The van der Waals surface area contributed by atoms with E-state index in [1.165, 1.54) is 14.2 Å². The molecule has 0 radical (unpaired) electrons. The molecule has 2 aliphatic heterocycles. The van der Waals surface area contributed by atoms with Crippen LogP contribution in [0.25, 0.3) is 33.6 Å². The minimum Gasteiger partial charge on any atom is -0.453 e. The van der Waals surface area contributed by atoms with Crippen LogP contribution in [-0.4, -0.2) is 92.1 Å². The maximum absolute atomic E-state index is 13.8. The Labute approximate surface area is 328 Å². The molecule has 0 saturated carbocycles. The van der Waals surface area contributed by atoms with Crippen molar-refractivity contribution in [1.29, 1.82) is 0 Å². The monoisotopic (exact) mass is 766 g/mol. The molecule has 6 rings (SSSR count). The number of hydrogen-bond donors (Lipinski definition) is 4. The van der Waals surface area contributed by atoms with Gasteiger partial charge >= 0.3 is 12.2 Å². The normalized spacial score (nSPS) is 19.1. The molecule has 4 heterocycles. The van der Waals surface area contributed by atoms with Gasteiger partial charge in [0.1, 0.15) is 22.7 Å². The first-order valence-electron chi connectivity index (χ1n) is 19.4. The third-order valence-corrected chi connectivity index (χ3v) is 11.9. The van der Waals surface area contributed by atoms with Crippen LogP contribution in [0.5, 0.6) is 0 Å². The van der Waals surface area contributed by atoms with Crippen molar-refractivity contribution in [1.82, 2.24) is 40.4 Å². The van der Waals surface area contributed by atoms with Gasteiger partial charge in [0.25, 0.3) is 0 Å². The summed E-state index contributed by atoms with van der Waals surface area (Å²) in [5, 5.41) is 5.54. The van der Waals surface area contributed by atoms with Crippen molar-refractivity contribution in [3.05, 3.63) is 72.6 Å². The van der Waals surface area contributed by atoms with Crippen LogP contribution in [0.4, 0.5) is 9.59 Å². The molecule has 2 aromatic heterocycles. The van der Waals surface area contributed by atoms with Gasteiger partial charge in [0, 0.05) is 13.1 Å². The van der Waals surface area contributed by atoms with Crippen LogP contribution in [0.1, 0.15) is 91.0 Å². The number of nitrogens with one attached hydrogen (secondary N) is 4. The van der Waals surface area contributed by atoms with Gasteiger partial charge in [-0.25, -0.2) is 19.6 Å². The number of hydrogen-bond acceptors (Lipinski definition) is 8. The molecule has 4 amide bonds. The van der Waals surface area contributed by atoms with Crippen molar-refractivity contribution >= 4 is 24.0 Å². The van der Waals surface area contributed by atoms with Crippen LogP contribution in [-0.2, 0) is 19.1 Å². The van der Waals surface area contributed by atoms with E-state index in [1.54, 1.807) is 26.2 Å². The molecule has 0 spiro atoms. The number of aromatic amines is 2. The van der Waals surface area contributed by atoms with Gasteiger partial charge in [-0.3, -0.25) is 9.59 Å². The fourth-order valence-electron chi connectivity index (χ4n) is 7.59. The second-order valence-corrected chi connectivity index (χ2v) is 15.8. The molecule has 0 aliphatic carbocycles. The molecule has 2 fully saturated rings. The zero-order valence-electron chi connectivity index (χ0n) is 33.6. The molecule has 4 N–H and O–H groups in total. The van der Waals surface area contributed by atoms with Crippen molar-refractivity contribution in [3.8, 4) is 33.6 Å². The number of ether oxygens (including phenoxy) is 2. The Kier molecular flexibility index (Phi) is 11.6. The molecule has 14 heteroatoms. The predicted molar refractivity (Wildman–Crippen MR) is 212 cm³/mol. The Balaban J connectivity index is 1.12. The molecular weight excluding hydrogens is 713 g/mol. The van der Waals surface area contributed by atoms with E-state index in [-0.39, 0.29) is 35.7 Å². The van der Waals surface area contributed by atoms with Gasteiger partial charge in [0.05, 0.1) is 50.1 Å². The number of aromatic nitrogens is 4. The first kappa shape index (κ1) is 40.0. The van der Waals surface area contributed by atoms with Gasteiger partial charge in [0.15, 0.2) is 0 Å². The number of amides is 4. The molecule has 2 saturated heterocycles. The highest BCUT2D eigenvalue weighted by Crippen LogP contribution is 2.37. The summed E-state index contributed by atoms with van der Waals surface area (Å²) < 4.78 is 9.64. The summed E-state index contributed by atoms with van der Waals surface area (Å²) in [5.74, 6) is 0.800. The maximum atomic E-state index is 13.8. The lowest BCUT2D eigenvalue weighted by molar-refractivity contribution is -0.141. The van der Waals surface area contributed by atoms with Crippen LogP contribution in [0.15, 0.2) is 60.9 Å². The number of rotatable bonds is 11. The molecular formula is C42H54N8O6. The van der Waals surface area contributed by atoms with Crippen LogP contribution >= 0.6 is 0 Å². The predicted octanol–water partition coefficient (Wildman–Crippen LogP) is 7.00. The highest BCUT2D eigenvalue weighted by atomic mass is 16.5. The number of likely N-dealkylation sites (tertiary alicyclic amines) is 2. The fourth-order valence-corrected chi connectivity index (χ4v) is 7.59. The zero-order valence-corrected chi connectivity index (χ0v) is 33.6. The van der Waals surface area contributed by atoms with Crippen molar-refractivity contribution in [3.63, 3.8) is 0 Å². The summed E-state index contributed by atoms with van der Waals surface area (Å²) in [6.45, 7) is 12.3. The highest BCUT2D eigenvalue weighted by molar-refractivity contribution is 5.91. The number of methoxy groups -OCH3 is 2. The van der Waals surface area contributed by atoms with Gasteiger partial charge in [-0.05, 0) is 73.6 Å². The number of carbonyl (C=O) groups excluding carboxylic acids is 4. The Morgan fingerprint density at radius 1 is 0.643 bits per heavy atom. The fraction of sp³-hybridized carbons (Fsp3) is 0.476. The molecule has 2 aromatic carbocycles. The van der Waals surface area contributed by atoms with Gasteiger partial charge in [0.2, 0.25) is 11.8 Å². The Morgan fingerprint density at radius 3 is 1.30 bits per heavy atom. The quantitative estimate of drug-likeness (QED) is 0.126. The van der Waals surface area contributed by atoms with Gasteiger partial charge < -0.3 is 39.9 Å². The van der Waals surface area contributed by atoms with Crippen molar-refractivity contribution < 1.29 is 28.7 Å². The molecule has 56 heavy (non-hydrogen) atoms. The van der Waals surface area contributed by atoms with E-state index in [0.717, 1.165) is 59.3 Å². The third-order valence-electron chi connectivity index (χ3n) is 11.9. The van der Waals surface area contributed by atoms with Gasteiger partial charge in [-0.1, -0.05) is 76.2 Å². The van der Waals surface area contributed by atoms with Crippen molar-refractivity contribution in [2.75, 3.05) is 27.3 Å². The zero-order chi connectivity index (χ0) is 40.4. The molecule has 14 nitrogen and oxygen atoms in total. The molecule has 4 aromatic rings. The average Bonchev–Trinajstić information content (AvgIpc) is 4.04. The smallest absolute Gasteiger partial charge is 0.407 e. The largest absolute Gasteiger partial charge is 0.453 e. The summed E-state index contributed by atoms with van der Waals surface area (Å²) in [6.07, 6.45) is 5.54. The van der Waals surface area contributed by atoms with Crippen molar-refractivity contribution in [2.45, 2.75) is 90.4 Å². The second-order valence-electron chi connectivity index (χ2n) is 15.8. The van der Waals surface area contributed by atoms with Crippen LogP contribution in [0.2, 0.25) is 0 Å². The first-order valence-corrected chi connectivity index (χ1v) is 19.4. The van der Waals surface area contributed by atoms with Crippen LogP contribution < -0.4 is 10.6 Å². The standard InChI is InChI=1S/C42H54N8O6/c1-25(2)41(5,47-39(53)55-7)37(51)49-21-9-11-33(49)35-43-23-31(45-35)29-17-13-27(14-18-29)28-15-19-30(20-16-28)32-24-44-36(46-32)34-12-10-22-50(34)38(52)42(6,26(3)4)48-40(54)56-8/h13-20,23-26,33-34H,9-12,21-22H2,1-8H3,(H,43,45)(H,44,46)(H,47,53)(H,48,54)/t33?,34?,41-,42-/m0/s1. The third kappa shape index (κ3) is 7.74. The van der Waals surface area contributed by atoms with E-state index in [9.17, 15) is 19.2 Å². The summed E-state index contributed by atoms with van der Waals surface area (Å²) in [6, 6.07) is 16.0. The van der Waals surface area contributed by atoms with E-state index in [4.69, 9.17) is 19.4 Å². The lowest BCUT2D eigenvalue weighted by atomic mass is 9.86. The maximum Gasteiger partial charge on any atom is 0.407 e. The van der Waals surface area contributed by atoms with E-state index in [2.05, 4.69) is 69.1 Å². The van der Waals surface area contributed by atoms with Crippen LogP contribution in [0.3, 0.4) is 0 Å². The summed E-state index contributed by atoms with van der Waals surface area (Å²) in [5.41, 5.74) is 3.51.